The largest absolute Gasteiger partial charge is 0.320 e. The molecule has 5 aliphatic heterocycles. The summed E-state index contributed by atoms with van der Waals surface area (Å²) in [7, 11) is 1.75. The lowest BCUT2D eigenvalue weighted by Crippen LogP contribution is -2.72. The molecule has 1 spiro atoms. The van der Waals surface area contributed by atoms with Crippen LogP contribution in [-0.4, -0.2) is 48.1 Å². The topological polar surface area (TPSA) is 43.9 Å². The maximum atomic E-state index is 14.3. The van der Waals surface area contributed by atoms with Gasteiger partial charge in [-0.3, -0.25) is 14.5 Å². The fourth-order valence-corrected chi connectivity index (χ4v) is 10.2. The second-order valence-corrected chi connectivity index (χ2v) is 13.3. The molecule has 5 aliphatic rings. The third kappa shape index (κ3) is 2.49. The van der Waals surface area contributed by atoms with Gasteiger partial charge in [0.25, 0.3) is 11.8 Å². The van der Waals surface area contributed by atoms with Crippen molar-refractivity contribution in [3.05, 3.63) is 60.2 Å². The summed E-state index contributed by atoms with van der Waals surface area (Å²) in [5.41, 5.74) is 3.02. The molecule has 7 rings (SSSR count). The molecule has 2 aromatic carbocycles. The van der Waals surface area contributed by atoms with Crippen molar-refractivity contribution >= 4 is 62.5 Å². The van der Waals surface area contributed by atoms with E-state index in [4.69, 9.17) is 12.2 Å². The van der Waals surface area contributed by atoms with Crippen LogP contribution < -0.4 is 4.90 Å². The highest BCUT2D eigenvalue weighted by Crippen LogP contribution is 2.67. The minimum Gasteiger partial charge on any atom is -0.320 e. The molecule has 0 saturated carbocycles. The number of para-hydroxylation sites is 2. The summed E-state index contributed by atoms with van der Waals surface area (Å²) < 4.78 is 0.664. The van der Waals surface area contributed by atoms with Crippen molar-refractivity contribution in [2.45, 2.75) is 54.4 Å². The molecule has 0 radical (unpaired) electrons. The number of anilines is 2. The van der Waals surface area contributed by atoms with Gasteiger partial charge in [-0.05, 0) is 37.1 Å². The SMILES string of the molecule is CCCC12CC34SC(=S)S[C@](C)(C(=O)N3[C@H]1N(c1ccccc1)c1ccccc12)N(C)C4=O. The fraction of sp³-hybridized carbons (Fsp3) is 0.400. The molecule has 2 aromatic rings. The van der Waals surface area contributed by atoms with Gasteiger partial charge in [-0.1, -0.05) is 85.5 Å². The van der Waals surface area contributed by atoms with Gasteiger partial charge in [-0.2, -0.15) is 0 Å². The number of fused-ring (bicyclic) bond motifs is 6. The van der Waals surface area contributed by atoms with Gasteiger partial charge in [0.1, 0.15) is 9.69 Å². The normalized spacial score (nSPS) is 34.5. The van der Waals surface area contributed by atoms with Gasteiger partial charge < -0.3 is 9.80 Å². The summed E-state index contributed by atoms with van der Waals surface area (Å²) in [4.78, 5) is 32.2. The molecule has 8 heteroatoms. The number of carbonyl (C=O) groups is 2. The molecule has 2 unspecified atom stereocenters. The summed E-state index contributed by atoms with van der Waals surface area (Å²) >= 11 is 8.48. The molecular weight excluding hydrogens is 470 g/mol. The lowest BCUT2D eigenvalue weighted by molar-refractivity contribution is -0.163. The summed E-state index contributed by atoms with van der Waals surface area (Å²) in [5, 5.41) is 0. The first-order valence-electron chi connectivity index (χ1n) is 11.3. The summed E-state index contributed by atoms with van der Waals surface area (Å²) in [6, 6.07) is 18.7. The highest BCUT2D eigenvalue weighted by Gasteiger charge is 2.76. The van der Waals surface area contributed by atoms with E-state index < -0.39 is 9.74 Å². The molecule has 4 saturated heterocycles. The van der Waals surface area contributed by atoms with Crippen LogP contribution in [0.3, 0.4) is 0 Å². The summed E-state index contributed by atoms with van der Waals surface area (Å²) in [5.74, 6) is -0.0454. The Balaban J connectivity index is 1.67. The Labute approximate surface area is 207 Å². The second kappa shape index (κ2) is 6.99. The predicted octanol–water partition coefficient (Wildman–Crippen LogP) is 5.08. The van der Waals surface area contributed by atoms with Gasteiger partial charge in [-0.15, -0.1) is 0 Å². The molecular formula is C25H25N3O2S3. The zero-order valence-corrected chi connectivity index (χ0v) is 21.2. The van der Waals surface area contributed by atoms with Crippen molar-refractivity contribution in [1.82, 2.24) is 9.80 Å². The average Bonchev–Trinajstić information content (AvgIpc) is 3.18. The lowest BCUT2D eigenvalue weighted by Gasteiger charge is -2.51. The van der Waals surface area contributed by atoms with Gasteiger partial charge in [0.05, 0.1) is 0 Å². The Hall–Kier alpha value is -2.03. The fourth-order valence-electron chi connectivity index (χ4n) is 6.39. The zero-order valence-electron chi connectivity index (χ0n) is 18.8. The van der Waals surface area contributed by atoms with Crippen molar-refractivity contribution in [2.24, 2.45) is 0 Å². The standard InChI is InChI=1S/C25H25N3O2S3/c1-4-14-24-15-25-21(30)26(3)23(2,32-22(31)33-25)20(29)28(25)19(24)27(16-10-6-5-7-11-16)18-13-9-8-12-17(18)24/h5-13,19H,4,14-15H2,1-3H3/t19-,23-,24?,25?/m1/s1. The highest BCUT2D eigenvalue weighted by atomic mass is 32.2. The number of piperazine rings is 1. The number of nitrogens with zero attached hydrogens (tertiary/aromatic N) is 3. The Morgan fingerprint density at radius 3 is 2.45 bits per heavy atom. The van der Waals surface area contributed by atoms with Crippen LogP contribution in [0.4, 0.5) is 11.4 Å². The van der Waals surface area contributed by atoms with Crippen LogP contribution in [0.1, 0.15) is 38.7 Å². The minimum atomic E-state index is -1.04. The van der Waals surface area contributed by atoms with Crippen molar-refractivity contribution in [3.8, 4) is 0 Å². The molecule has 33 heavy (non-hydrogen) atoms. The van der Waals surface area contributed by atoms with Gasteiger partial charge >= 0.3 is 0 Å². The van der Waals surface area contributed by atoms with Crippen LogP contribution >= 0.6 is 35.7 Å². The first-order valence-corrected chi connectivity index (χ1v) is 13.3. The van der Waals surface area contributed by atoms with Crippen LogP contribution in [0.2, 0.25) is 0 Å². The first-order chi connectivity index (χ1) is 15.8. The number of carbonyl (C=O) groups excluding carboxylic acids is 2. The number of thioether (sulfide) groups is 2. The van der Waals surface area contributed by atoms with E-state index in [1.165, 1.54) is 29.1 Å². The quantitative estimate of drug-likeness (QED) is 0.553. The lowest BCUT2D eigenvalue weighted by atomic mass is 9.74. The number of hydrogen-bond donors (Lipinski definition) is 0. The predicted molar refractivity (Wildman–Crippen MR) is 139 cm³/mol. The van der Waals surface area contributed by atoms with Crippen LogP contribution in [-0.2, 0) is 15.0 Å². The number of hydrogen-bond acceptors (Lipinski definition) is 6. The molecule has 4 fully saturated rings. The van der Waals surface area contributed by atoms with Crippen molar-refractivity contribution in [3.63, 3.8) is 0 Å². The number of benzene rings is 2. The van der Waals surface area contributed by atoms with Gasteiger partial charge in [-0.25, -0.2) is 0 Å². The highest BCUT2D eigenvalue weighted by molar-refractivity contribution is 8.48. The number of amides is 2. The molecule has 2 bridgehead atoms. The Bertz CT molecular complexity index is 1210. The van der Waals surface area contributed by atoms with Gasteiger partial charge in [0, 0.05) is 30.3 Å². The van der Waals surface area contributed by atoms with Crippen LogP contribution in [0.25, 0.3) is 0 Å². The Morgan fingerprint density at radius 1 is 1.03 bits per heavy atom. The third-order valence-electron chi connectivity index (χ3n) is 7.79. The number of thiocarbonyl (C=S) groups is 1. The zero-order chi connectivity index (χ0) is 23.2. The summed E-state index contributed by atoms with van der Waals surface area (Å²) in [6.45, 7) is 4.03. The number of rotatable bonds is 3. The number of likely N-dealkylation sites (N-methyl/N-ethyl adjacent to an activating group) is 1. The van der Waals surface area contributed by atoms with E-state index in [0.717, 1.165) is 24.2 Å². The van der Waals surface area contributed by atoms with E-state index in [1.807, 2.05) is 30.0 Å². The monoisotopic (exact) mass is 495 g/mol. The van der Waals surface area contributed by atoms with E-state index in [1.54, 1.807) is 11.9 Å². The average molecular weight is 496 g/mol. The molecule has 2 amide bonds. The van der Waals surface area contributed by atoms with Gasteiger partial charge in [0.2, 0.25) is 0 Å². The summed E-state index contributed by atoms with van der Waals surface area (Å²) in [6.07, 6.45) is 2.12. The molecule has 4 atom stereocenters. The molecule has 0 N–H and O–H groups in total. The van der Waals surface area contributed by atoms with Crippen molar-refractivity contribution in [2.75, 3.05) is 11.9 Å². The van der Waals surface area contributed by atoms with Crippen LogP contribution in [0, 0.1) is 0 Å². The first kappa shape index (κ1) is 21.5. The van der Waals surface area contributed by atoms with E-state index in [2.05, 4.69) is 48.2 Å². The molecule has 0 aromatic heterocycles. The van der Waals surface area contributed by atoms with E-state index in [0.29, 0.717) is 9.95 Å². The van der Waals surface area contributed by atoms with Crippen molar-refractivity contribution in [1.29, 1.82) is 0 Å². The van der Waals surface area contributed by atoms with Gasteiger partial charge in [0.15, 0.2) is 9.74 Å². The second-order valence-electron chi connectivity index (χ2n) is 9.44. The Morgan fingerprint density at radius 2 is 1.73 bits per heavy atom. The minimum absolute atomic E-state index is 0.0164. The van der Waals surface area contributed by atoms with Crippen LogP contribution in [0.15, 0.2) is 54.6 Å². The van der Waals surface area contributed by atoms with E-state index >= 15 is 0 Å². The molecule has 0 aliphatic carbocycles. The third-order valence-corrected chi connectivity index (χ3v) is 10.8. The van der Waals surface area contributed by atoms with Crippen molar-refractivity contribution < 1.29 is 9.59 Å². The van der Waals surface area contributed by atoms with Crippen LogP contribution in [0.5, 0.6) is 0 Å². The molecule has 5 nitrogen and oxygen atoms in total. The smallest absolute Gasteiger partial charge is 0.262 e. The maximum absolute atomic E-state index is 14.3. The maximum Gasteiger partial charge on any atom is 0.262 e. The van der Waals surface area contributed by atoms with E-state index in [9.17, 15) is 9.59 Å². The molecule has 170 valence electrons. The van der Waals surface area contributed by atoms with E-state index in [-0.39, 0.29) is 23.4 Å². The molecule has 5 heterocycles. The Kier molecular flexibility index (Phi) is 4.56.